The lowest BCUT2D eigenvalue weighted by atomic mass is 9.77. The molecule has 0 saturated heterocycles. The Labute approximate surface area is 197 Å². The van der Waals surface area contributed by atoms with Crippen molar-refractivity contribution in [3.63, 3.8) is 0 Å². The van der Waals surface area contributed by atoms with Gasteiger partial charge in [-0.05, 0) is 89.0 Å². The monoisotopic (exact) mass is 455 g/mol. The standard InChI is InChI=1S/C26H25N5O3/c1-30-22-13-17-14-24(32-2)25(33-3)15-21(17)23(30)12-16-11-19(9-10-20(16)22)34-26-27-28-29-31(26)18-7-5-4-6-8-18/h4-11,14-15,22-23H,12-13H2,1-3H3/t22-,23-/m0/s1. The zero-order valence-corrected chi connectivity index (χ0v) is 19.3. The molecule has 6 rings (SSSR count). The van der Waals surface area contributed by atoms with E-state index in [9.17, 15) is 0 Å². The van der Waals surface area contributed by atoms with E-state index in [1.807, 2.05) is 36.4 Å². The first kappa shape index (κ1) is 20.7. The van der Waals surface area contributed by atoms with Crippen molar-refractivity contribution in [2.24, 2.45) is 0 Å². The van der Waals surface area contributed by atoms with E-state index in [2.05, 4.69) is 51.7 Å². The number of nitrogens with zero attached hydrogens (tertiary/aromatic N) is 5. The van der Waals surface area contributed by atoms with E-state index in [4.69, 9.17) is 14.2 Å². The minimum absolute atomic E-state index is 0.256. The Hall–Kier alpha value is -3.91. The van der Waals surface area contributed by atoms with Crippen LogP contribution in [-0.2, 0) is 12.8 Å². The highest BCUT2D eigenvalue weighted by molar-refractivity contribution is 5.53. The van der Waals surface area contributed by atoms with Crippen molar-refractivity contribution in [1.82, 2.24) is 25.1 Å². The predicted molar refractivity (Wildman–Crippen MR) is 126 cm³/mol. The van der Waals surface area contributed by atoms with Crippen LogP contribution in [-0.4, -0.2) is 46.4 Å². The molecule has 1 aromatic heterocycles. The number of para-hydroxylation sites is 1. The molecule has 0 N–H and O–H groups in total. The van der Waals surface area contributed by atoms with Crippen LogP contribution in [0.2, 0.25) is 0 Å². The maximum atomic E-state index is 6.13. The lowest BCUT2D eigenvalue weighted by molar-refractivity contribution is 0.137. The first-order valence-electron chi connectivity index (χ1n) is 11.3. The zero-order valence-electron chi connectivity index (χ0n) is 19.3. The zero-order chi connectivity index (χ0) is 23.2. The van der Waals surface area contributed by atoms with Gasteiger partial charge in [-0.3, -0.25) is 4.90 Å². The van der Waals surface area contributed by atoms with E-state index in [1.54, 1.807) is 18.9 Å². The second-order valence-electron chi connectivity index (χ2n) is 8.68. The normalized spacial score (nSPS) is 18.7. The summed E-state index contributed by atoms with van der Waals surface area (Å²) in [6.07, 6.45) is 1.80. The summed E-state index contributed by atoms with van der Waals surface area (Å²) in [5.74, 6) is 2.27. The molecule has 0 aliphatic carbocycles. The average Bonchev–Trinajstić information content (AvgIpc) is 3.33. The minimum Gasteiger partial charge on any atom is -0.493 e. The molecule has 0 spiro atoms. The number of ether oxygens (including phenoxy) is 3. The number of likely N-dealkylation sites (N-methyl/N-ethyl adjacent to an activating group) is 1. The van der Waals surface area contributed by atoms with Crippen molar-refractivity contribution in [2.45, 2.75) is 24.9 Å². The molecule has 4 aromatic rings. The molecule has 0 fully saturated rings. The maximum absolute atomic E-state index is 6.13. The van der Waals surface area contributed by atoms with E-state index in [0.717, 1.165) is 35.8 Å². The third kappa shape index (κ3) is 3.30. The highest BCUT2D eigenvalue weighted by Crippen LogP contribution is 2.49. The molecule has 3 heterocycles. The van der Waals surface area contributed by atoms with E-state index in [-0.39, 0.29) is 6.04 Å². The molecule has 0 amide bonds. The van der Waals surface area contributed by atoms with Gasteiger partial charge in [0.15, 0.2) is 11.5 Å². The lowest BCUT2D eigenvalue weighted by Gasteiger charge is -2.46. The second-order valence-corrected chi connectivity index (χ2v) is 8.68. The molecule has 8 heteroatoms. The molecule has 0 saturated carbocycles. The van der Waals surface area contributed by atoms with Gasteiger partial charge in [-0.1, -0.05) is 29.4 Å². The predicted octanol–water partition coefficient (Wildman–Crippen LogP) is 4.30. The van der Waals surface area contributed by atoms with Crippen LogP contribution in [0.1, 0.15) is 34.3 Å². The Bertz CT molecular complexity index is 1350. The summed E-state index contributed by atoms with van der Waals surface area (Å²) in [7, 11) is 5.57. The molecular formula is C26H25N5O3. The Morgan fingerprint density at radius 1 is 0.824 bits per heavy atom. The topological polar surface area (TPSA) is 74.5 Å². The van der Waals surface area contributed by atoms with Crippen molar-refractivity contribution in [2.75, 3.05) is 21.3 Å². The van der Waals surface area contributed by atoms with Crippen LogP contribution in [0.4, 0.5) is 0 Å². The number of hydrogen-bond acceptors (Lipinski definition) is 7. The Morgan fingerprint density at radius 3 is 2.29 bits per heavy atom. The van der Waals surface area contributed by atoms with Crippen molar-refractivity contribution in [1.29, 1.82) is 0 Å². The van der Waals surface area contributed by atoms with Gasteiger partial charge in [-0.25, -0.2) is 0 Å². The third-order valence-electron chi connectivity index (χ3n) is 6.94. The number of fused-ring (bicyclic) bond motifs is 6. The highest BCUT2D eigenvalue weighted by Gasteiger charge is 2.39. The van der Waals surface area contributed by atoms with Crippen LogP contribution >= 0.6 is 0 Å². The second kappa shape index (κ2) is 8.14. The number of hydrogen-bond donors (Lipinski definition) is 0. The fourth-order valence-electron chi connectivity index (χ4n) is 5.23. The van der Waals surface area contributed by atoms with Crippen LogP contribution < -0.4 is 14.2 Å². The average molecular weight is 456 g/mol. The summed E-state index contributed by atoms with van der Waals surface area (Å²) in [5.41, 5.74) is 6.07. The van der Waals surface area contributed by atoms with Crippen LogP contribution in [0.5, 0.6) is 23.3 Å². The van der Waals surface area contributed by atoms with Gasteiger partial charge in [-0.15, -0.1) is 0 Å². The lowest BCUT2D eigenvalue weighted by Crippen LogP contribution is -2.40. The molecule has 8 nitrogen and oxygen atoms in total. The van der Waals surface area contributed by atoms with Gasteiger partial charge in [0.1, 0.15) is 5.75 Å². The highest BCUT2D eigenvalue weighted by atomic mass is 16.5. The van der Waals surface area contributed by atoms with Gasteiger partial charge in [-0.2, -0.15) is 4.68 Å². The Morgan fingerprint density at radius 2 is 1.53 bits per heavy atom. The largest absolute Gasteiger partial charge is 0.493 e. The van der Waals surface area contributed by atoms with E-state index in [0.29, 0.717) is 12.1 Å². The van der Waals surface area contributed by atoms with E-state index < -0.39 is 0 Å². The summed E-state index contributed by atoms with van der Waals surface area (Å²) in [4.78, 5) is 2.47. The maximum Gasteiger partial charge on any atom is 0.345 e. The van der Waals surface area contributed by atoms with Crippen molar-refractivity contribution < 1.29 is 14.2 Å². The van der Waals surface area contributed by atoms with E-state index >= 15 is 0 Å². The summed E-state index contributed by atoms with van der Waals surface area (Å²) < 4.78 is 18.9. The number of methoxy groups -OCH3 is 2. The Kier molecular flexibility index (Phi) is 4.95. The number of aromatic nitrogens is 4. The van der Waals surface area contributed by atoms with Gasteiger partial charge in [0, 0.05) is 12.1 Å². The molecule has 3 aromatic carbocycles. The summed E-state index contributed by atoms with van der Waals surface area (Å²) in [6, 6.07) is 21.2. The fourth-order valence-corrected chi connectivity index (χ4v) is 5.23. The van der Waals surface area contributed by atoms with Crippen LogP contribution in [0, 0.1) is 0 Å². The van der Waals surface area contributed by atoms with Crippen LogP contribution in [0.3, 0.4) is 0 Å². The number of benzene rings is 3. The first-order chi connectivity index (χ1) is 16.7. The molecule has 2 atom stereocenters. The van der Waals surface area contributed by atoms with Gasteiger partial charge in [0.25, 0.3) is 0 Å². The van der Waals surface area contributed by atoms with Crippen molar-refractivity contribution in [3.8, 4) is 28.9 Å². The molecule has 2 aliphatic rings. The Balaban J connectivity index is 1.33. The number of rotatable bonds is 5. The molecule has 0 radical (unpaired) electrons. The minimum atomic E-state index is 0.256. The van der Waals surface area contributed by atoms with Crippen molar-refractivity contribution in [3.05, 3.63) is 82.9 Å². The van der Waals surface area contributed by atoms with Crippen LogP contribution in [0.15, 0.2) is 60.7 Å². The third-order valence-corrected chi connectivity index (χ3v) is 6.94. The fraction of sp³-hybridized carbons (Fsp3) is 0.269. The summed E-state index contributed by atoms with van der Waals surface area (Å²) in [5, 5.41) is 12.0. The first-order valence-corrected chi connectivity index (χ1v) is 11.3. The summed E-state index contributed by atoms with van der Waals surface area (Å²) >= 11 is 0. The van der Waals surface area contributed by atoms with Gasteiger partial charge >= 0.3 is 6.01 Å². The molecule has 34 heavy (non-hydrogen) atoms. The smallest absolute Gasteiger partial charge is 0.345 e. The van der Waals surface area contributed by atoms with E-state index in [1.165, 1.54) is 22.3 Å². The van der Waals surface area contributed by atoms with Crippen molar-refractivity contribution >= 4 is 0 Å². The molecule has 2 aliphatic heterocycles. The van der Waals surface area contributed by atoms with Crippen LogP contribution in [0.25, 0.3) is 5.69 Å². The molecular weight excluding hydrogens is 430 g/mol. The van der Waals surface area contributed by atoms with Gasteiger partial charge < -0.3 is 14.2 Å². The van der Waals surface area contributed by atoms with Gasteiger partial charge in [0.05, 0.1) is 19.9 Å². The molecule has 172 valence electrons. The quantitative estimate of drug-likeness (QED) is 0.444. The van der Waals surface area contributed by atoms with Gasteiger partial charge in [0.2, 0.25) is 0 Å². The summed E-state index contributed by atoms with van der Waals surface area (Å²) in [6.45, 7) is 0. The molecule has 0 unspecified atom stereocenters. The molecule has 2 bridgehead atoms. The number of tetrazole rings is 1. The SMILES string of the molecule is COc1cc2c(cc1OC)[C@@H]1Cc3cc(Oc4nnnn4-c4ccccc4)ccc3[C@H](C2)N1C.